The summed E-state index contributed by atoms with van der Waals surface area (Å²) < 4.78 is 50.2. The van der Waals surface area contributed by atoms with Crippen LogP contribution in [-0.2, 0) is 29.3 Å². The average molecular weight is 531 g/mol. The standard InChI is InChI=1S/C27H34N2O5S2/c1-7-20-29(36(32,33)27(3,4)5)25(26(30)34-8-2)24(22-15-11-9-12-16-22)19-21-35(31,28-6)23-17-13-10-14-18-23/h1,9-19,21,24-25H,8,20H2,2-6H3/b21-19+/t24-,25-,35?/m0/s1. The third-order valence-corrected chi connectivity index (χ3v) is 10.1. The Bertz CT molecular complexity index is 1320. The van der Waals surface area contributed by atoms with Crippen LogP contribution >= 0.6 is 0 Å². The van der Waals surface area contributed by atoms with Crippen LogP contribution in [0.1, 0.15) is 39.2 Å². The van der Waals surface area contributed by atoms with Crippen LogP contribution in [0.3, 0.4) is 0 Å². The van der Waals surface area contributed by atoms with Gasteiger partial charge in [0, 0.05) is 18.4 Å². The first-order valence-electron chi connectivity index (χ1n) is 11.5. The molecule has 0 aromatic heterocycles. The number of nitrogens with zero attached hydrogens (tertiary/aromatic N) is 2. The molecule has 0 aliphatic carbocycles. The SMILES string of the molecule is C#CCN([C@H](C(=O)OCC)[C@@H](/C=C/S(=O)(=NC)c1ccccc1)c1ccccc1)S(=O)(=O)C(C)(C)C. The van der Waals surface area contributed by atoms with Crippen molar-refractivity contribution in [1.82, 2.24) is 4.31 Å². The fourth-order valence-electron chi connectivity index (χ4n) is 3.57. The summed E-state index contributed by atoms with van der Waals surface area (Å²) in [6, 6.07) is 16.3. The number of rotatable bonds is 10. The van der Waals surface area contributed by atoms with Crippen molar-refractivity contribution < 1.29 is 22.2 Å². The molecule has 9 heteroatoms. The third-order valence-electron chi connectivity index (χ3n) is 5.52. The lowest BCUT2D eigenvalue weighted by Gasteiger charge is -2.36. The van der Waals surface area contributed by atoms with Gasteiger partial charge in [0.25, 0.3) is 0 Å². The van der Waals surface area contributed by atoms with E-state index in [2.05, 4.69) is 10.3 Å². The number of esters is 1. The minimum absolute atomic E-state index is 0.0467. The van der Waals surface area contributed by atoms with Gasteiger partial charge in [0.05, 0.1) is 32.5 Å². The van der Waals surface area contributed by atoms with Gasteiger partial charge in [0.15, 0.2) is 0 Å². The smallest absolute Gasteiger partial charge is 0.325 e. The Hall–Kier alpha value is -2.93. The molecule has 2 aromatic carbocycles. The first-order chi connectivity index (χ1) is 16.9. The maximum absolute atomic E-state index is 13.7. The molecule has 0 heterocycles. The van der Waals surface area contributed by atoms with E-state index in [4.69, 9.17) is 11.2 Å². The van der Waals surface area contributed by atoms with E-state index < -0.39 is 42.4 Å². The lowest BCUT2D eigenvalue weighted by molar-refractivity contribution is -0.148. The molecule has 0 N–H and O–H groups in total. The van der Waals surface area contributed by atoms with Gasteiger partial charge in [-0.1, -0.05) is 60.5 Å². The molecule has 0 radical (unpaired) electrons. The number of sulfonamides is 1. The van der Waals surface area contributed by atoms with Gasteiger partial charge >= 0.3 is 5.97 Å². The number of ether oxygens (including phenoxy) is 1. The minimum atomic E-state index is -4.07. The van der Waals surface area contributed by atoms with Crippen LogP contribution in [0.4, 0.5) is 0 Å². The molecule has 0 saturated carbocycles. The molecule has 0 aliphatic rings. The number of carbonyl (C=O) groups excluding carboxylic acids is 1. The summed E-state index contributed by atoms with van der Waals surface area (Å²) in [5.74, 6) is 0.769. The largest absolute Gasteiger partial charge is 0.465 e. The van der Waals surface area contributed by atoms with E-state index in [1.165, 1.54) is 12.5 Å². The first-order valence-corrected chi connectivity index (χ1v) is 14.5. The van der Waals surface area contributed by atoms with Crippen molar-refractivity contribution in [3.8, 4) is 12.3 Å². The van der Waals surface area contributed by atoms with E-state index in [0.29, 0.717) is 10.5 Å². The van der Waals surface area contributed by atoms with Gasteiger partial charge < -0.3 is 4.74 Å². The van der Waals surface area contributed by atoms with E-state index >= 15 is 0 Å². The summed E-state index contributed by atoms with van der Waals surface area (Å²) >= 11 is 0. The number of terminal acetylenes is 1. The lowest BCUT2D eigenvalue weighted by Crippen LogP contribution is -2.53. The Balaban J connectivity index is 2.81. The molecule has 1 unspecified atom stereocenters. The predicted octanol–water partition coefficient (Wildman–Crippen LogP) is 4.44. The average Bonchev–Trinajstić information content (AvgIpc) is 2.85. The van der Waals surface area contributed by atoms with E-state index in [9.17, 15) is 17.4 Å². The van der Waals surface area contributed by atoms with Gasteiger partial charge in [-0.15, -0.1) is 6.42 Å². The number of hydrogen-bond acceptors (Lipinski definition) is 6. The minimum Gasteiger partial charge on any atom is -0.465 e. The number of benzene rings is 2. The highest BCUT2D eigenvalue weighted by Gasteiger charge is 2.45. The Kier molecular flexibility index (Phi) is 10.1. The van der Waals surface area contributed by atoms with E-state index in [1.807, 2.05) is 6.07 Å². The lowest BCUT2D eigenvalue weighted by atomic mass is 9.91. The highest BCUT2D eigenvalue weighted by molar-refractivity contribution is 7.96. The molecule has 2 rings (SSSR count). The Labute approximate surface area is 215 Å². The van der Waals surface area contributed by atoms with Gasteiger partial charge in [-0.25, -0.2) is 17.0 Å². The molecule has 0 saturated heterocycles. The maximum atomic E-state index is 13.7. The van der Waals surface area contributed by atoms with Crippen LogP contribution in [0.2, 0.25) is 0 Å². The summed E-state index contributed by atoms with van der Waals surface area (Å²) in [5, 5.41) is 1.43. The third kappa shape index (κ3) is 6.64. The van der Waals surface area contributed by atoms with E-state index in [0.717, 1.165) is 4.31 Å². The molecule has 194 valence electrons. The zero-order chi connectivity index (χ0) is 27.0. The highest BCUT2D eigenvalue weighted by Crippen LogP contribution is 2.32. The van der Waals surface area contributed by atoms with Crippen molar-refractivity contribution in [2.24, 2.45) is 4.36 Å². The highest BCUT2D eigenvalue weighted by atomic mass is 32.2. The van der Waals surface area contributed by atoms with Crippen LogP contribution in [0.15, 0.2) is 81.4 Å². The Morgan fingerprint density at radius 2 is 1.64 bits per heavy atom. The fourth-order valence-corrected chi connectivity index (χ4v) is 6.45. The van der Waals surface area contributed by atoms with Crippen molar-refractivity contribution >= 4 is 25.7 Å². The monoisotopic (exact) mass is 530 g/mol. The Morgan fingerprint density at radius 1 is 1.08 bits per heavy atom. The molecular formula is C27H34N2O5S2. The number of hydrogen-bond donors (Lipinski definition) is 0. The molecular weight excluding hydrogens is 496 g/mol. The van der Waals surface area contributed by atoms with Crippen molar-refractivity contribution in [3.05, 3.63) is 77.7 Å². The predicted molar refractivity (Wildman–Crippen MR) is 144 cm³/mol. The van der Waals surface area contributed by atoms with Crippen molar-refractivity contribution in [2.45, 2.75) is 49.3 Å². The summed E-state index contributed by atoms with van der Waals surface area (Å²) in [4.78, 5) is 13.9. The van der Waals surface area contributed by atoms with Gasteiger partial charge in [-0.05, 0) is 45.4 Å². The zero-order valence-corrected chi connectivity index (χ0v) is 23.0. The molecule has 7 nitrogen and oxygen atoms in total. The van der Waals surface area contributed by atoms with Gasteiger partial charge in [-0.3, -0.25) is 4.79 Å². The molecule has 3 atom stereocenters. The summed E-state index contributed by atoms with van der Waals surface area (Å²) in [6.45, 7) is 5.97. The second-order valence-corrected chi connectivity index (χ2v) is 13.8. The molecule has 2 aromatic rings. The fraction of sp³-hybridized carbons (Fsp3) is 0.370. The Morgan fingerprint density at radius 3 is 2.11 bits per heavy atom. The van der Waals surface area contributed by atoms with Crippen molar-refractivity contribution in [3.63, 3.8) is 0 Å². The molecule has 0 bridgehead atoms. The van der Waals surface area contributed by atoms with Gasteiger partial charge in [-0.2, -0.15) is 4.31 Å². The second kappa shape index (κ2) is 12.3. The second-order valence-electron chi connectivity index (χ2n) is 8.89. The van der Waals surface area contributed by atoms with Crippen LogP contribution in [0, 0.1) is 12.3 Å². The topological polar surface area (TPSA) is 93.1 Å². The molecule has 0 amide bonds. The van der Waals surface area contributed by atoms with Crippen LogP contribution in [0.25, 0.3) is 0 Å². The van der Waals surface area contributed by atoms with Crippen LogP contribution in [0.5, 0.6) is 0 Å². The van der Waals surface area contributed by atoms with Crippen LogP contribution in [-0.4, -0.2) is 53.9 Å². The maximum Gasteiger partial charge on any atom is 0.325 e. The van der Waals surface area contributed by atoms with Gasteiger partial charge in [0.2, 0.25) is 10.0 Å². The van der Waals surface area contributed by atoms with Gasteiger partial charge in [0.1, 0.15) is 6.04 Å². The molecule has 36 heavy (non-hydrogen) atoms. The van der Waals surface area contributed by atoms with Crippen LogP contribution < -0.4 is 0 Å². The van der Waals surface area contributed by atoms with E-state index in [1.54, 1.807) is 88.4 Å². The molecule has 0 aliphatic heterocycles. The summed E-state index contributed by atoms with van der Waals surface area (Å²) in [5.41, 5.74) is 0.629. The molecule has 0 spiro atoms. The quantitative estimate of drug-likeness (QED) is 0.335. The van der Waals surface area contributed by atoms with Crippen molar-refractivity contribution in [2.75, 3.05) is 20.2 Å². The van der Waals surface area contributed by atoms with E-state index in [-0.39, 0.29) is 13.2 Å². The summed E-state index contributed by atoms with van der Waals surface area (Å²) in [6.07, 6.45) is 7.14. The zero-order valence-electron chi connectivity index (χ0n) is 21.3. The normalized spacial score (nSPS) is 15.6. The first kappa shape index (κ1) is 29.3. The summed E-state index contributed by atoms with van der Waals surface area (Å²) in [7, 11) is -5.61. The van der Waals surface area contributed by atoms with Crippen molar-refractivity contribution in [1.29, 1.82) is 0 Å². The number of carbonyl (C=O) groups is 1. The molecule has 0 fully saturated rings.